The first kappa shape index (κ1) is 14.1. The maximum atomic E-state index is 12.0. The zero-order valence-electron chi connectivity index (χ0n) is 10.9. The van der Waals surface area contributed by atoms with Crippen molar-refractivity contribution in [1.29, 1.82) is 0 Å². The lowest BCUT2D eigenvalue weighted by molar-refractivity contribution is -0.126. The topological polar surface area (TPSA) is 49.3 Å². The Morgan fingerprint density at radius 1 is 1.37 bits per heavy atom. The Kier molecular flexibility index (Phi) is 5.44. The number of rotatable bonds is 3. The molecule has 2 N–H and O–H groups in total. The van der Waals surface area contributed by atoms with Crippen LogP contribution in [0, 0.1) is 17.8 Å². The zero-order chi connectivity index (χ0) is 13.5. The summed E-state index contributed by atoms with van der Waals surface area (Å²) >= 11 is 1.56. The number of hydrogen-bond acceptors (Lipinski definition) is 3. The Bertz CT molecular complexity index is 478. The number of carbonyl (C=O) groups excluding carboxylic acids is 1. The van der Waals surface area contributed by atoms with Gasteiger partial charge in [0, 0.05) is 10.8 Å². The van der Waals surface area contributed by atoms with Crippen LogP contribution in [0.5, 0.6) is 0 Å². The van der Waals surface area contributed by atoms with E-state index in [1.54, 1.807) is 11.3 Å². The predicted octanol–water partition coefficient (Wildman–Crippen LogP) is 2.29. The SMILES string of the molecule is O=C(NCc1ccc(C#CCO)s1)C1CCCCC1. The fraction of sp³-hybridized carbons (Fsp3) is 0.533. The highest BCUT2D eigenvalue weighted by Gasteiger charge is 2.20. The minimum absolute atomic E-state index is 0.119. The lowest BCUT2D eigenvalue weighted by atomic mass is 9.89. The summed E-state index contributed by atoms with van der Waals surface area (Å²) in [5.74, 6) is 5.90. The van der Waals surface area contributed by atoms with Crippen molar-refractivity contribution in [2.75, 3.05) is 6.61 Å². The maximum Gasteiger partial charge on any atom is 0.223 e. The molecule has 0 saturated heterocycles. The van der Waals surface area contributed by atoms with Crippen molar-refractivity contribution in [2.45, 2.75) is 38.6 Å². The van der Waals surface area contributed by atoms with E-state index in [9.17, 15) is 4.79 Å². The van der Waals surface area contributed by atoms with Crippen LogP contribution in [0.25, 0.3) is 0 Å². The smallest absolute Gasteiger partial charge is 0.223 e. The molecule has 0 aliphatic heterocycles. The molecule has 102 valence electrons. The molecule has 1 saturated carbocycles. The van der Waals surface area contributed by atoms with Gasteiger partial charge in [0.1, 0.15) is 6.61 Å². The summed E-state index contributed by atoms with van der Waals surface area (Å²) in [5, 5.41) is 11.6. The van der Waals surface area contributed by atoms with E-state index in [0.29, 0.717) is 6.54 Å². The molecule has 1 aromatic rings. The summed E-state index contributed by atoms with van der Waals surface area (Å²) in [6.07, 6.45) is 5.69. The van der Waals surface area contributed by atoms with Gasteiger partial charge in [-0.25, -0.2) is 0 Å². The summed E-state index contributed by atoms with van der Waals surface area (Å²) in [6.45, 7) is 0.465. The highest BCUT2D eigenvalue weighted by atomic mass is 32.1. The second-order valence-corrected chi connectivity index (χ2v) is 5.95. The molecule has 1 aliphatic rings. The molecule has 4 heteroatoms. The van der Waals surface area contributed by atoms with E-state index >= 15 is 0 Å². The molecule has 1 aromatic heterocycles. The van der Waals surface area contributed by atoms with Gasteiger partial charge in [-0.3, -0.25) is 4.79 Å². The fourth-order valence-corrected chi connectivity index (χ4v) is 3.17. The van der Waals surface area contributed by atoms with Crippen molar-refractivity contribution in [3.8, 4) is 11.8 Å². The zero-order valence-corrected chi connectivity index (χ0v) is 11.8. The molecule has 0 radical (unpaired) electrons. The average molecular weight is 277 g/mol. The van der Waals surface area contributed by atoms with Crippen LogP contribution in [0.4, 0.5) is 0 Å². The van der Waals surface area contributed by atoms with Gasteiger partial charge >= 0.3 is 0 Å². The van der Waals surface area contributed by atoms with Crippen LogP contribution < -0.4 is 5.32 Å². The third-order valence-electron chi connectivity index (χ3n) is 3.37. The van der Waals surface area contributed by atoms with E-state index in [0.717, 1.165) is 22.6 Å². The molecule has 0 spiro atoms. The van der Waals surface area contributed by atoms with Gasteiger partial charge in [0.2, 0.25) is 5.91 Å². The number of aliphatic hydroxyl groups is 1. The second-order valence-electron chi connectivity index (χ2n) is 4.78. The minimum Gasteiger partial charge on any atom is -0.384 e. The lowest BCUT2D eigenvalue weighted by Gasteiger charge is -2.20. The highest BCUT2D eigenvalue weighted by molar-refractivity contribution is 7.12. The molecule has 0 bridgehead atoms. The summed E-state index contributed by atoms with van der Waals surface area (Å²) in [5.41, 5.74) is 0. The summed E-state index contributed by atoms with van der Waals surface area (Å²) in [6, 6.07) is 3.91. The summed E-state index contributed by atoms with van der Waals surface area (Å²) in [7, 11) is 0. The average Bonchev–Trinajstić information content (AvgIpc) is 2.91. The van der Waals surface area contributed by atoms with E-state index in [2.05, 4.69) is 17.2 Å². The number of aliphatic hydroxyl groups excluding tert-OH is 1. The van der Waals surface area contributed by atoms with E-state index in [-0.39, 0.29) is 18.4 Å². The van der Waals surface area contributed by atoms with Gasteiger partial charge < -0.3 is 10.4 Å². The van der Waals surface area contributed by atoms with Crippen LogP contribution in [-0.2, 0) is 11.3 Å². The number of thiophene rings is 1. The Hall–Kier alpha value is -1.31. The summed E-state index contributed by atoms with van der Waals surface area (Å²) in [4.78, 5) is 14.0. The normalized spacial score (nSPS) is 15.6. The second kappa shape index (κ2) is 7.32. The van der Waals surface area contributed by atoms with Crippen LogP contribution in [0.15, 0.2) is 12.1 Å². The van der Waals surface area contributed by atoms with Crippen LogP contribution in [-0.4, -0.2) is 17.6 Å². The molecule has 1 fully saturated rings. The first-order valence-corrected chi connectivity index (χ1v) is 7.57. The van der Waals surface area contributed by atoms with E-state index in [4.69, 9.17) is 5.11 Å². The Balaban J connectivity index is 1.81. The minimum atomic E-state index is -0.119. The van der Waals surface area contributed by atoms with Crippen molar-refractivity contribution in [1.82, 2.24) is 5.32 Å². The van der Waals surface area contributed by atoms with Gasteiger partial charge in [-0.15, -0.1) is 11.3 Å². The van der Waals surface area contributed by atoms with Crippen LogP contribution >= 0.6 is 11.3 Å². The third-order valence-corrected chi connectivity index (χ3v) is 4.37. The summed E-state index contributed by atoms with van der Waals surface area (Å²) < 4.78 is 0. The van der Waals surface area contributed by atoms with Crippen molar-refractivity contribution in [3.63, 3.8) is 0 Å². The van der Waals surface area contributed by atoms with Crippen LogP contribution in [0.1, 0.15) is 41.9 Å². The molecule has 1 amide bonds. The molecule has 1 aliphatic carbocycles. The van der Waals surface area contributed by atoms with Crippen molar-refractivity contribution in [3.05, 3.63) is 21.9 Å². The van der Waals surface area contributed by atoms with Crippen molar-refractivity contribution in [2.24, 2.45) is 5.92 Å². The van der Waals surface area contributed by atoms with Crippen LogP contribution in [0.2, 0.25) is 0 Å². The molecule has 3 nitrogen and oxygen atoms in total. The largest absolute Gasteiger partial charge is 0.384 e. The Morgan fingerprint density at radius 2 is 2.16 bits per heavy atom. The fourth-order valence-electron chi connectivity index (χ4n) is 2.35. The predicted molar refractivity (Wildman–Crippen MR) is 76.7 cm³/mol. The maximum absolute atomic E-state index is 12.0. The molecular weight excluding hydrogens is 258 g/mol. The standard InChI is InChI=1S/C15H19NO2S/c17-10-4-7-13-8-9-14(19-13)11-16-15(18)12-5-2-1-3-6-12/h8-9,12,17H,1-3,5-6,10-11H2,(H,16,18). The Morgan fingerprint density at radius 3 is 2.89 bits per heavy atom. The monoisotopic (exact) mass is 277 g/mol. The van der Waals surface area contributed by atoms with E-state index < -0.39 is 0 Å². The quantitative estimate of drug-likeness (QED) is 0.833. The molecular formula is C15H19NO2S. The Labute approximate surface area is 118 Å². The first-order valence-electron chi connectivity index (χ1n) is 6.76. The van der Waals surface area contributed by atoms with Gasteiger partial charge in [0.25, 0.3) is 0 Å². The molecule has 2 rings (SSSR count). The number of carbonyl (C=O) groups is 1. The van der Waals surface area contributed by atoms with Gasteiger partial charge in [-0.2, -0.15) is 0 Å². The molecule has 0 atom stereocenters. The number of hydrogen-bond donors (Lipinski definition) is 2. The van der Waals surface area contributed by atoms with Gasteiger partial charge in [-0.1, -0.05) is 31.1 Å². The van der Waals surface area contributed by atoms with Crippen molar-refractivity contribution < 1.29 is 9.90 Å². The molecule has 0 aromatic carbocycles. The molecule has 19 heavy (non-hydrogen) atoms. The van der Waals surface area contributed by atoms with E-state index in [1.807, 2.05) is 12.1 Å². The van der Waals surface area contributed by atoms with Crippen LogP contribution in [0.3, 0.4) is 0 Å². The van der Waals surface area contributed by atoms with Gasteiger partial charge in [-0.05, 0) is 25.0 Å². The first-order chi connectivity index (χ1) is 9.29. The highest BCUT2D eigenvalue weighted by Crippen LogP contribution is 2.24. The number of amides is 1. The molecule has 1 heterocycles. The number of nitrogens with one attached hydrogen (secondary N) is 1. The van der Waals surface area contributed by atoms with Crippen molar-refractivity contribution >= 4 is 17.2 Å². The lowest BCUT2D eigenvalue weighted by Crippen LogP contribution is -2.31. The van der Waals surface area contributed by atoms with E-state index in [1.165, 1.54) is 19.3 Å². The third kappa shape index (κ3) is 4.38. The van der Waals surface area contributed by atoms with Gasteiger partial charge in [0.15, 0.2) is 0 Å². The molecule has 0 unspecified atom stereocenters. The van der Waals surface area contributed by atoms with Gasteiger partial charge in [0.05, 0.1) is 11.4 Å².